The number of amides is 1. The number of hydrogen-bond donors (Lipinski definition) is 1. The lowest BCUT2D eigenvalue weighted by atomic mass is 10.1. The molecule has 0 aliphatic carbocycles. The third-order valence-corrected chi connectivity index (χ3v) is 5.91. The van der Waals surface area contributed by atoms with Crippen LogP contribution in [0.15, 0.2) is 82.4 Å². The van der Waals surface area contributed by atoms with Gasteiger partial charge >= 0.3 is 0 Å². The third-order valence-electron chi connectivity index (χ3n) is 5.29. The average Bonchev–Trinajstić information content (AvgIpc) is 3.05. The number of nitrogens with one attached hydrogen (secondary N) is 1. The van der Waals surface area contributed by atoms with Crippen molar-refractivity contribution in [2.75, 3.05) is 6.61 Å². The van der Waals surface area contributed by atoms with E-state index in [0.29, 0.717) is 5.75 Å². The number of aromatic nitrogens is 1. The molecule has 0 saturated carbocycles. The number of aryl methyl sites for hydroxylation is 1. The van der Waals surface area contributed by atoms with Crippen LogP contribution < -0.4 is 10.2 Å². The maximum Gasteiger partial charge on any atom is 0.277 e. The number of carbonyl (C=O) groups is 1. The Kier molecular flexibility index (Phi) is 6.71. The van der Waals surface area contributed by atoms with Gasteiger partial charge in [-0.1, -0.05) is 54.6 Å². The highest BCUT2D eigenvalue weighted by molar-refractivity contribution is 9.10. The van der Waals surface area contributed by atoms with Crippen molar-refractivity contribution in [3.05, 3.63) is 99.7 Å². The van der Waals surface area contributed by atoms with Gasteiger partial charge in [-0.3, -0.25) is 4.79 Å². The fourth-order valence-corrected chi connectivity index (χ4v) is 4.27. The Balaban J connectivity index is 1.47. The molecular formula is C26H24BrN3O2. The summed E-state index contributed by atoms with van der Waals surface area (Å²) in [5.41, 5.74) is 8.11. The Morgan fingerprint density at radius 2 is 1.81 bits per heavy atom. The highest BCUT2D eigenvalue weighted by Crippen LogP contribution is 2.26. The van der Waals surface area contributed by atoms with Crippen LogP contribution in [-0.2, 0) is 11.3 Å². The Hall–Kier alpha value is -3.38. The molecule has 1 aromatic heterocycles. The Bertz CT molecular complexity index is 1280. The number of para-hydroxylation sites is 1. The van der Waals surface area contributed by atoms with Crippen LogP contribution in [0.3, 0.4) is 0 Å². The summed E-state index contributed by atoms with van der Waals surface area (Å²) in [6, 6.07) is 24.3. The average molecular weight is 490 g/mol. The van der Waals surface area contributed by atoms with Crippen LogP contribution in [0.25, 0.3) is 10.9 Å². The van der Waals surface area contributed by atoms with Crippen molar-refractivity contribution in [1.29, 1.82) is 0 Å². The summed E-state index contributed by atoms with van der Waals surface area (Å²) in [6.45, 7) is 4.72. The molecule has 4 aromatic rings. The summed E-state index contributed by atoms with van der Waals surface area (Å²) in [7, 11) is 0. The lowest BCUT2D eigenvalue weighted by molar-refractivity contribution is -0.123. The van der Waals surface area contributed by atoms with Gasteiger partial charge in [-0.05, 0) is 59.1 Å². The monoisotopic (exact) mass is 489 g/mol. The fourth-order valence-electron chi connectivity index (χ4n) is 3.66. The topological polar surface area (TPSA) is 55.6 Å². The van der Waals surface area contributed by atoms with Gasteiger partial charge in [0.1, 0.15) is 5.75 Å². The molecule has 1 heterocycles. The van der Waals surface area contributed by atoms with Crippen LogP contribution >= 0.6 is 15.9 Å². The Morgan fingerprint density at radius 1 is 1.06 bits per heavy atom. The first kappa shape index (κ1) is 21.8. The molecule has 0 radical (unpaired) electrons. The van der Waals surface area contributed by atoms with E-state index < -0.39 is 0 Å². The normalized spacial score (nSPS) is 11.2. The molecule has 0 fully saturated rings. The second-order valence-corrected chi connectivity index (χ2v) is 8.46. The van der Waals surface area contributed by atoms with Gasteiger partial charge in [-0.2, -0.15) is 5.10 Å². The molecular weight excluding hydrogens is 466 g/mol. The maximum atomic E-state index is 12.2. The first-order valence-corrected chi connectivity index (χ1v) is 11.1. The lowest BCUT2D eigenvalue weighted by Gasteiger charge is -2.08. The number of halogens is 1. The van der Waals surface area contributed by atoms with Gasteiger partial charge in [0.15, 0.2) is 6.61 Å². The van der Waals surface area contributed by atoms with Crippen LogP contribution in [0.1, 0.15) is 22.4 Å². The molecule has 0 atom stereocenters. The number of rotatable bonds is 7. The van der Waals surface area contributed by atoms with Crippen molar-refractivity contribution < 1.29 is 9.53 Å². The predicted octanol–water partition coefficient (Wildman–Crippen LogP) is 5.60. The van der Waals surface area contributed by atoms with Crippen molar-refractivity contribution in [2.24, 2.45) is 5.10 Å². The van der Waals surface area contributed by atoms with E-state index in [0.717, 1.165) is 38.7 Å². The van der Waals surface area contributed by atoms with Crippen LogP contribution in [-0.4, -0.2) is 23.3 Å². The highest BCUT2D eigenvalue weighted by atomic mass is 79.9. The van der Waals surface area contributed by atoms with Gasteiger partial charge < -0.3 is 9.30 Å². The largest absolute Gasteiger partial charge is 0.483 e. The molecule has 1 N–H and O–H groups in total. The number of nitrogens with zero attached hydrogens (tertiary/aromatic N) is 2. The molecule has 3 aromatic carbocycles. The molecule has 1 amide bonds. The van der Waals surface area contributed by atoms with Crippen LogP contribution in [0, 0.1) is 13.8 Å². The minimum absolute atomic E-state index is 0.117. The molecule has 0 spiro atoms. The molecule has 32 heavy (non-hydrogen) atoms. The van der Waals surface area contributed by atoms with Gasteiger partial charge in [-0.15, -0.1) is 0 Å². The first-order chi connectivity index (χ1) is 15.5. The first-order valence-electron chi connectivity index (χ1n) is 10.4. The van der Waals surface area contributed by atoms with Crippen molar-refractivity contribution in [2.45, 2.75) is 20.4 Å². The zero-order chi connectivity index (χ0) is 22.5. The zero-order valence-corrected chi connectivity index (χ0v) is 19.6. The van der Waals surface area contributed by atoms with Crippen molar-refractivity contribution in [3.63, 3.8) is 0 Å². The van der Waals surface area contributed by atoms with Crippen LogP contribution in [0.2, 0.25) is 0 Å². The summed E-state index contributed by atoms with van der Waals surface area (Å²) in [5.74, 6) is 0.300. The summed E-state index contributed by atoms with van der Waals surface area (Å²) in [6.07, 6.45) is 1.71. The minimum atomic E-state index is -0.320. The maximum absolute atomic E-state index is 12.2. The van der Waals surface area contributed by atoms with E-state index in [4.69, 9.17) is 4.74 Å². The Labute approximate surface area is 195 Å². The van der Waals surface area contributed by atoms with E-state index in [-0.39, 0.29) is 12.5 Å². The number of hydrogen-bond acceptors (Lipinski definition) is 3. The lowest BCUT2D eigenvalue weighted by Crippen LogP contribution is -2.24. The van der Waals surface area contributed by atoms with Gasteiger partial charge in [0, 0.05) is 28.7 Å². The smallest absolute Gasteiger partial charge is 0.277 e. The summed E-state index contributed by atoms with van der Waals surface area (Å²) in [5, 5.41) is 5.29. The molecule has 0 saturated heterocycles. The van der Waals surface area contributed by atoms with Gasteiger partial charge in [-0.25, -0.2) is 5.43 Å². The standard InChI is InChI=1S/C26H24BrN3O2/c1-18-12-13-25(23(27)14-18)32-17-26(31)29-28-15-22-19(2)30(16-20-8-4-3-5-9-20)24-11-7-6-10-21(22)24/h3-15H,16-17H2,1-2H3,(H,29,31). The molecule has 0 aliphatic heterocycles. The zero-order valence-electron chi connectivity index (χ0n) is 18.0. The van der Waals surface area contributed by atoms with Crippen molar-refractivity contribution in [1.82, 2.24) is 9.99 Å². The van der Waals surface area contributed by atoms with Crippen molar-refractivity contribution in [3.8, 4) is 5.75 Å². The number of benzene rings is 3. The number of fused-ring (bicyclic) bond motifs is 1. The quantitative estimate of drug-likeness (QED) is 0.271. The Morgan fingerprint density at radius 3 is 2.59 bits per heavy atom. The van der Waals surface area contributed by atoms with Crippen LogP contribution in [0.5, 0.6) is 5.75 Å². The third kappa shape index (κ3) is 4.92. The number of carbonyl (C=O) groups excluding carboxylic acids is 1. The summed E-state index contributed by atoms with van der Waals surface area (Å²) < 4.78 is 8.67. The number of ether oxygens (including phenoxy) is 1. The van der Waals surface area contributed by atoms with Gasteiger partial charge in [0.2, 0.25) is 0 Å². The predicted molar refractivity (Wildman–Crippen MR) is 132 cm³/mol. The SMILES string of the molecule is Cc1ccc(OCC(=O)NN=Cc2c(C)n(Cc3ccccc3)c3ccccc23)c(Br)c1. The molecule has 0 unspecified atom stereocenters. The van der Waals surface area contributed by atoms with E-state index >= 15 is 0 Å². The minimum Gasteiger partial charge on any atom is -0.483 e. The molecule has 0 aliphatic rings. The molecule has 4 rings (SSSR count). The molecule has 162 valence electrons. The highest BCUT2D eigenvalue weighted by Gasteiger charge is 2.13. The second-order valence-electron chi connectivity index (χ2n) is 7.60. The van der Waals surface area contributed by atoms with Crippen LogP contribution in [0.4, 0.5) is 0 Å². The summed E-state index contributed by atoms with van der Waals surface area (Å²) >= 11 is 3.45. The van der Waals surface area contributed by atoms with Gasteiger partial charge in [0.05, 0.1) is 10.7 Å². The van der Waals surface area contributed by atoms with E-state index in [1.165, 1.54) is 5.56 Å². The molecule has 0 bridgehead atoms. The molecule has 6 heteroatoms. The van der Waals surface area contributed by atoms with E-state index in [2.05, 4.69) is 62.2 Å². The molecule has 5 nitrogen and oxygen atoms in total. The number of hydrazone groups is 1. The van der Waals surface area contributed by atoms with Gasteiger partial charge in [0.25, 0.3) is 5.91 Å². The van der Waals surface area contributed by atoms with E-state index in [9.17, 15) is 4.79 Å². The van der Waals surface area contributed by atoms with Crippen molar-refractivity contribution >= 4 is 39.0 Å². The fraction of sp³-hybridized carbons (Fsp3) is 0.154. The van der Waals surface area contributed by atoms with E-state index in [1.807, 2.05) is 55.5 Å². The van der Waals surface area contributed by atoms with E-state index in [1.54, 1.807) is 6.21 Å². The second kappa shape index (κ2) is 9.83. The summed E-state index contributed by atoms with van der Waals surface area (Å²) in [4.78, 5) is 12.2.